The van der Waals surface area contributed by atoms with E-state index in [2.05, 4.69) is 18.5 Å². The van der Waals surface area contributed by atoms with Crippen molar-refractivity contribution >= 4 is 23.6 Å². The van der Waals surface area contributed by atoms with Crippen LogP contribution in [-0.4, -0.2) is 47.4 Å². The topological polar surface area (TPSA) is 49.4 Å². The van der Waals surface area contributed by atoms with E-state index in [0.717, 1.165) is 18.6 Å². The molecule has 1 aliphatic rings. The Morgan fingerprint density at radius 2 is 2.11 bits per heavy atom. The van der Waals surface area contributed by atoms with Gasteiger partial charge in [0.05, 0.1) is 0 Å². The highest BCUT2D eigenvalue weighted by molar-refractivity contribution is 7.98. The molecule has 1 aliphatic heterocycles. The van der Waals surface area contributed by atoms with E-state index in [1.54, 1.807) is 23.6 Å². The van der Waals surface area contributed by atoms with Gasteiger partial charge in [-0.1, -0.05) is 20.3 Å². The molecule has 1 rings (SSSR count). The van der Waals surface area contributed by atoms with Crippen molar-refractivity contribution in [3.8, 4) is 0 Å². The summed E-state index contributed by atoms with van der Waals surface area (Å²) in [5.74, 6) is 1.48. The van der Waals surface area contributed by atoms with Crippen LogP contribution in [0, 0.1) is 5.92 Å². The quantitative estimate of drug-likeness (QED) is 0.797. The first-order valence-electron chi connectivity index (χ1n) is 6.61. The van der Waals surface area contributed by atoms with Crippen molar-refractivity contribution in [2.45, 2.75) is 45.7 Å². The van der Waals surface area contributed by atoms with Crippen LogP contribution in [0.4, 0.5) is 0 Å². The van der Waals surface area contributed by atoms with E-state index < -0.39 is 0 Å². The van der Waals surface area contributed by atoms with Gasteiger partial charge in [0.1, 0.15) is 12.1 Å². The second-order valence-corrected chi connectivity index (χ2v) is 5.99. The number of amides is 2. The summed E-state index contributed by atoms with van der Waals surface area (Å²) >= 11 is 1.77. The van der Waals surface area contributed by atoms with Crippen LogP contribution >= 0.6 is 11.8 Å². The third-order valence-electron chi connectivity index (χ3n) is 3.28. The smallest absolute Gasteiger partial charge is 0.245 e. The van der Waals surface area contributed by atoms with Crippen molar-refractivity contribution in [2.24, 2.45) is 5.92 Å². The molecule has 3 unspecified atom stereocenters. The lowest BCUT2D eigenvalue weighted by molar-refractivity contribution is -0.149. The maximum absolute atomic E-state index is 12.3. The first-order chi connectivity index (χ1) is 8.51. The lowest BCUT2D eigenvalue weighted by Crippen LogP contribution is -2.63. The van der Waals surface area contributed by atoms with Crippen LogP contribution in [-0.2, 0) is 9.59 Å². The van der Waals surface area contributed by atoms with Crippen LogP contribution in [0.25, 0.3) is 0 Å². The number of rotatable bonds is 6. The molecule has 2 amide bonds. The van der Waals surface area contributed by atoms with Crippen molar-refractivity contribution in [1.29, 1.82) is 0 Å². The van der Waals surface area contributed by atoms with E-state index in [1.807, 2.05) is 6.92 Å². The molecule has 1 saturated heterocycles. The zero-order chi connectivity index (χ0) is 13.7. The fraction of sp³-hybridized carbons (Fsp3) is 0.846. The highest BCUT2D eigenvalue weighted by Gasteiger charge is 2.37. The van der Waals surface area contributed by atoms with Gasteiger partial charge in [0.2, 0.25) is 11.8 Å². The minimum atomic E-state index is -0.338. The maximum atomic E-state index is 12.3. The second kappa shape index (κ2) is 7.02. The van der Waals surface area contributed by atoms with Gasteiger partial charge in [0.25, 0.3) is 0 Å². The van der Waals surface area contributed by atoms with E-state index in [-0.39, 0.29) is 23.9 Å². The van der Waals surface area contributed by atoms with Crippen LogP contribution in [0.5, 0.6) is 0 Å². The number of carbonyl (C=O) groups excluding carboxylic acids is 2. The molecule has 4 nitrogen and oxygen atoms in total. The van der Waals surface area contributed by atoms with Crippen LogP contribution in [0.2, 0.25) is 0 Å². The summed E-state index contributed by atoms with van der Waals surface area (Å²) in [6, 6.07) is -0.657. The number of nitrogens with zero attached hydrogens (tertiary/aromatic N) is 1. The largest absolute Gasteiger partial charge is 0.343 e. The van der Waals surface area contributed by atoms with Gasteiger partial charge in [-0.25, -0.2) is 0 Å². The Morgan fingerprint density at radius 1 is 1.44 bits per heavy atom. The SMILES string of the molecule is CCCC1NC(=O)C(C)N(CC(C)CSC)C1=O. The van der Waals surface area contributed by atoms with Crippen molar-refractivity contribution < 1.29 is 9.59 Å². The summed E-state index contributed by atoms with van der Waals surface area (Å²) in [7, 11) is 0. The van der Waals surface area contributed by atoms with Crippen molar-refractivity contribution in [1.82, 2.24) is 10.2 Å². The second-order valence-electron chi connectivity index (χ2n) is 5.08. The van der Waals surface area contributed by atoms with E-state index in [0.29, 0.717) is 12.5 Å². The zero-order valence-corrected chi connectivity index (χ0v) is 12.5. The molecular weight excluding hydrogens is 248 g/mol. The first-order valence-corrected chi connectivity index (χ1v) is 8.00. The number of hydrogen-bond acceptors (Lipinski definition) is 3. The third kappa shape index (κ3) is 3.64. The van der Waals surface area contributed by atoms with Gasteiger partial charge >= 0.3 is 0 Å². The molecule has 0 saturated carbocycles. The molecule has 5 heteroatoms. The van der Waals surface area contributed by atoms with Gasteiger partial charge in [-0.3, -0.25) is 9.59 Å². The van der Waals surface area contributed by atoms with Crippen LogP contribution < -0.4 is 5.32 Å². The molecule has 1 N–H and O–H groups in total. The van der Waals surface area contributed by atoms with E-state index in [1.165, 1.54) is 0 Å². The lowest BCUT2D eigenvalue weighted by atomic mass is 10.0. The van der Waals surface area contributed by atoms with Crippen molar-refractivity contribution in [2.75, 3.05) is 18.6 Å². The summed E-state index contributed by atoms with van der Waals surface area (Å²) in [5, 5.41) is 2.82. The molecule has 1 fully saturated rings. The van der Waals surface area contributed by atoms with Crippen LogP contribution in [0.1, 0.15) is 33.6 Å². The molecule has 3 atom stereocenters. The Morgan fingerprint density at radius 3 is 2.67 bits per heavy atom. The first kappa shape index (κ1) is 15.3. The Kier molecular flexibility index (Phi) is 5.99. The summed E-state index contributed by atoms with van der Waals surface area (Å²) in [6.45, 7) is 6.63. The number of hydrogen-bond donors (Lipinski definition) is 1. The predicted octanol–water partition coefficient (Wildman–Crippen LogP) is 1.50. The Bertz CT molecular complexity index is 309. The average Bonchev–Trinajstić information content (AvgIpc) is 2.32. The predicted molar refractivity (Wildman–Crippen MR) is 75.6 cm³/mol. The molecule has 0 aromatic rings. The summed E-state index contributed by atoms with van der Waals surface area (Å²) in [5.41, 5.74) is 0. The monoisotopic (exact) mass is 272 g/mol. The zero-order valence-electron chi connectivity index (χ0n) is 11.7. The number of carbonyl (C=O) groups is 2. The van der Waals surface area contributed by atoms with Gasteiger partial charge in [0.15, 0.2) is 0 Å². The van der Waals surface area contributed by atoms with Gasteiger partial charge < -0.3 is 10.2 Å². The Balaban J connectivity index is 2.72. The number of nitrogens with one attached hydrogen (secondary N) is 1. The highest BCUT2D eigenvalue weighted by Crippen LogP contribution is 2.16. The minimum Gasteiger partial charge on any atom is -0.343 e. The molecule has 0 aromatic heterocycles. The van der Waals surface area contributed by atoms with Crippen LogP contribution in [0.3, 0.4) is 0 Å². The van der Waals surface area contributed by atoms with Gasteiger partial charge in [-0.15, -0.1) is 0 Å². The Labute approximate surface area is 114 Å². The molecule has 18 heavy (non-hydrogen) atoms. The van der Waals surface area contributed by atoms with Crippen molar-refractivity contribution in [3.05, 3.63) is 0 Å². The van der Waals surface area contributed by atoms with Gasteiger partial charge in [0, 0.05) is 6.54 Å². The highest BCUT2D eigenvalue weighted by atomic mass is 32.2. The van der Waals surface area contributed by atoms with Gasteiger partial charge in [-0.2, -0.15) is 11.8 Å². The lowest BCUT2D eigenvalue weighted by Gasteiger charge is -2.38. The minimum absolute atomic E-state index is 0.0237. The van der Waals surface area contributed by atoms with Crippen molar-refractivity contribution in [3.63, 3.8) is 0 Å². The Hall–Kier alpha value is -0.710. The van der Waals surface area contributed by atoms with Crippen LogP contribution in [0.15, 0.2) is 0 Å². The maximum Gasteiger partial charge on any atom is 0.245 e. The summed E-state index contributed by atoms with van der Waals surface area (Å²) in [4.78, 5) is 25.9. The fourth-order valence-electron chi connectivity index (χ4n) is 2.29. The summed E-state index contributed by atoms with van der Waals surface area (Å²) in [6.07, 6.45) is 3.69. The average molecular weight is 272 g/mol. The molecule has 0 spiro atoms. The molecule has 0 aliphatic carbocycles. The molecule has 0 radical (unpaired) electrons. The molecule has 0 bridgehead atoms. The van der Waals surface area contributed by atoms with E-state index >= 15 is 0 Å². The fourth-order valence-corrected chi connectivity index (χ4v) is 2.97. The molecule has 104 valence electrons. The molecular formula is C13H24N2O2S. The van der Waals surface area contributed by atoms with Gasteiger partial charge in [-0.05, 0) is 31.3 Å². The molecule has 0 aromatic carbocycles. The van der Waals surface area contributed by atoms with E-state index in [4.69, 9.17) is 0 Å². The third-order valence-corrected chi connectivity index (χ3v) is 4.18. The number of thioether (sulfide) groups is 1. The standard InChI is InChI=1S/C13H24N2O2S/c1-5-6-11-13(17)15(7-9(2)8-18-4)10(3)12(16)14-11/h9-11H,5-8H2,1-4H3,(H,14,16). The number of piperazine rings is 1. The molecule has 1 heterocycles. The summed E-state index contributed by atoms with van der Waals surface area (Å²) < 4.78 is 0. The normalized spacial score (nSPS) is 26.1. The van der Waals surface area contributed by atoms with E-state index in [9.17, 15) is 9.59 Å².